The van der Waals surface area contributed by atoms with Gasteiger partial charge in [-0.05, 0) is 25.5 Å². The Kier molecular flexibility index (Phi) is 3.66. The fraction of sp³-hybridized carbons (Fsp3) is 0.364. The van der Waals surface area contributed by atoms with Crippen LogP contribution in [0.1, 0.15) is 30.6 Å². The molecule has 1 atom stereocenters. The van der Waals surface area contributed by atoms with Gasteiger partial charge in [-0.1, -0.05) is 13.0 Å². The van der Waals surface area contributed by atoms with Crippen molar-refractivity contribution in [1.82, 2.24) is 5.32 Å². The molecule has 0 aliphatic carbocycles. The molecule has 0 saturated heterocycles. The second kappa shape index (κ2) is 4.77. The van der Waals surface area contributed by atoms with E-state index in [2.05, 4.69) is 5.32 Å². The number of amides is 1. The molecule has 1 unspecified atom stereocenters. The molecule has 0 aromatic heterocycles. The van der Waals surface area contributed by atoms with Gasteiger partial charge in [-0.2, -0.15) is 0 Å². The maximum absolute atomic E-state index is 13.2. The molecule has 0 spiro atoms. The van der Waals surface area contributed by atoms with Gasteiger partial charge in [-0.25, -0.2) is 4.39 Å². The number of aromatic hydroxyl groups is 1. The van der Waals surface area contributed by atoms with Crippen LogP contribution in [0.2, 0.25) is 0 Å². The second-order valence-corrected chi connectivity index (χ2v) is 3.42. The summed E-state index contributed by atoms with van der Waals surface area (Å²) in [7, 11) is 0. The molecule has 3 nitrogen and oxygen atoms in total. The van der Waals surface area contributed by atoms with Crippen LogP contribution in [0.25, 0.3) is 0 Å². The summed E-state index contributed by atoms with van der Waals surface area (Å²) in [5, 5.41) is 11.9. The summed E-state index contributed by atoms with van der Waals surface area (Å²) in [5.74, 6) is -1.63. The number of carbonyl (C=O) groups excluding carboxylic acids is 1. The van der Waals surface area contributed by atoms with Gasteiger partial charge in [0, 0.05) is 6.04 Å². The van der Waals surface area contributed by atoms with Crippen LogP contribution in [0.4, 0.5) is 4.39 Å². The molecule has 1 amide bonds. The van der Waals surface area contributed by atoms with Gasteiger partial charge >= 0.3 is 0 Å². The van der Waals surface area contributed by atoms with Crippen LogP contribution in [-0.2, 0) is 0 Å². The van der Waals surface area contributed by atoms with Gasteiger partial charge in [0.1, 0.15) is 17.1 Å². The van der Waals surface area contributed by atoms with Crippen molar-refractivity contribution in [2.45, 2.75) is 26.3 Å². The van der Waals surface area contributed by atoms with Crippen molar-refractivity contribution in [3.63, 3.8) is 0 Å². The minimum atomic E-state index is -0.712. The van der Waals surface area contributed by atoms with Gasteiger partial charge in [-0.15, -0.1) is 0 Å². The van der Waals surface area contributed by atoms with E-state index in [1.165, 1.54) is 12.1 Å². The van der Waals surface area contributed by atoms with Crippen LogP contribution in [0.5, 0.6) is 5.75 Å². The van der Waals surface area contributed by atoms with Crippen molar-refractivity contribution in [2.75, 3.05) is 0 Å². The number of halogens is 1. The highest BCUT2D eigenvalue weighted by molar-refractivity contribution is 5.97. The quantitative estimate of drug-likeness (QED) is 0.804. The highest BCUT2D eigenvalue weighted by Crippen LogP contribution is 2.19. The van der Waals surface area contributed by atoms with Gasteiger partial charge in [0.2, 0.25) is 0 Å². The molecule has 15 heavy (non-hydrogen) atoms. The van der Waals surface area contributed by atoms with Crippen molar-refractivity contribution in [3.05, 3.63) is 29.6 Å². The van der Waals surface area contributed by atoms with Crippen molar-refractivity contribution in [3.8, 4) is 5.75 Å². The molecule has 0 heterocycles. The number of phenols is 1. The van der Waals surface area contributed by atoms with Gasteiger partial charge in [0.05, 0.1) is 0 Å². The summed E-state index contributed by atoms with van der Waals surface area (Å²) in [6.45, 7) is 3.72. The van der Waals surface area contributed by atoms with Gasteiger partial charge in [-0.3, -0.25) is 4.79 Å². The predicted molar refractivity (Wildman–Crippen MR) is 55.3 cm³/mol. The monoisotopic (exact) mass is 211 g/mol. The number of carbonyl (C=O) groups is 1. The lowest BCUT2D eigenvalue weighted by molar-refractivity contribution is 0.0932. The van der Waals surface area contributed by atoms with Gasteiger partial charge in [0.15, 0.2) is 0 Å². The number of phenolic OH excluding ortho intramolecular Hbond substituents is 1. The summed E-state index contributed by atoms with van der Waals surface area (Å²) in [4.78, 5) is 11.5. The summed E-state index contributed by atoms with van der Waals surface area (Å²) >= 11 is 0. The topological polar surface area (TPSA) is 49.3 Å². The van der Waals surface area contributed by atoms with Crippen molar-refractivity contribution in [2.24, 2.45) is 0 Å². The first kappa shape index (κ1) is 11.5. The molecule has 0 radical (unpaired) electrons. The first-order valence-corrected chi connectivity index (χ1v) is 4.84. The average Bonchev–Trinajstić information content (AvgIpc) is 2.17. The van der Waals surface area contributed by atoms with Crippen molar-refractivity contribution in [1.29, 1.82) is 0 Å². The molecule has 1 aromatic carbocycles. The highest BCUT2D eigenvalue weighted by atomic mass is 19.1. The molecule has 0 aliphatic rings. The Morgan fingerprint density at radius 2 is 2.27 bits per heavy atom. The predicted octanol–water partition coefficient (Wildman–Crippen LogP) is 2.06. The summed E-state index contributed by atoms with van der Waals surface area (Å²) < 4.78 is 13.2. The molecule has 0 bridgehead atoms. The van der Waals surface area contributed by atoms with Crippen LogP contribution < -0.4 is 5.32 Å². The van der Waals surface area contributed by atoms with Gasteiger partial charge < -0.3 is 10.4 Å². The zero-order chi connectivity index (χ0) is 11.4. The zero-order valence-corrected chi connectivity index (χ0v) is 8.75. The van der Waals surface area contributed by atoms with E-state index in [1.54, 1.807) is 0 Å². The first-order valence-electron chi connectivity index (χ1n) is 4.84. The van der Waals surface area contributed by atoms with Crippen LogP contribution in [0.3, 0.4) is 0 Å². The van der Waals surface area contributed by atoms with Crippen LogP contribution in [0.15, 0.2) is 18.2 Å². The Morgan fingerprint density at radius 1 is 1.60 bits per heavy atom. The maximum atomic E-state index is 13.2. The molecule has 2 N–H and O–H groups in total. The summed E-state index contributed by atoms with van der Waals surface area (Å²) in [5.41, 5.74) is -0.294. The molecule has 1 rings (SSSR count). The van der Waals surface area contributed by atoms with E-state index in [1.807, 2.05) is 13.8 Å². The second-order valence-electron chi connectivity index (χ2n) is 3.42. The third-order valence-corrected chi connectivity index (χ3v) is 2.21. The van der Waals surface area contributed by atoms with E-state index in [-0.39, 0.29) is 17.4 Å². The van der Waals surface area contributed by atoms with Crippen LogP contribution in [-0.4, -0.2) is 17.1 Å². The molecule has 0 aliphatic heterocycles. The minimum Gasteiger partial charge on any atom is -0.507 e. The standard InChI is InChI=1S/C11H14FNO2/c1-3-7(2)13-11(15)10-8(12)5-4-6-9(10)14/h4-7,14H,3H2,1-2H3,(H,13,15). The molecule has 4 heteroatoms. The van der Waals surface area contributed by atoms with E-state index >= 15 is 0 Å². The van der Waals surface area contributed by atoms with Crippen molar-refractivity contribution < 1.29 is 14.3 Å². The zero-order valence-electron chi connectivity index (χ0n) is 8.75. The molecule has 0 saturated carbocycles. The summed E-state index contributed by atoms with van der Waals surface area (Å²) in [6.07, 6.45) is 0.751. The normalized spacial score (nSPS) is 12.2. The highest BCUT2D eigenvalue weighted by Gasteiger charge is 2.17. The largest absolute Gasteiger partial charge is 0.507 e. The maximum Gasteiger partial charge on any atom is 0.258 e. The Morgan fingerprint density at radius 3 is 2.80 bits per heavy atom. The third kappa shape index (κ3) is 2.68. The van der Waals surface area contributed by atoms with Gasteiger partial charge in [0.25, 0.3) is 5.91 Å². The Labute approximate surface area is 87.9 Å². The fourth-order valence-corrected chi connectivity index (χ4v) is 1.14. The van der Waals surface area contributed by atoms with Crippen LogP contribution in [0, 0.1) is 5.82 Å². The van der Waals surface area contributed by atoms with Crippen LogP contribution >= 0.6 is 0 Å². The lowest BCUT2D eigenvalue weighted by Crippen LogP contribution is -2.32. The van der Waals surface area contributed by atoms with E-state index in [4.69, 9.17) is 0 Å². The molecule has 1 aromatic rings. The summed E-state index contributed by atoms with van der Waals surface area (Å²) in [6, 6.07) is 3.74. The number of nitrogens with one attached hydrogen (secondary N) is 1. The smallest absolute Gasteiger partial charge is 0.258 e. The Bertz CT molecular complexity index is 345. The number of hydrogen-bond acceptors (Lipinski definition) is 2. The van der Waals surface area contributed by atoms with Crippen molar-refractivity contribution >= 4 is 5.91 Å². The van der Waals surface area contributed by atoms with E-state index in [9.17, 15) is 14.3 Å². The third-order valence-electron chi connectivity index (χ3n) is 2.21. The Hall–Kier alpha value is -1.58. The fourth-order valence-electron chi connectivity index (χ4n) is 1.14. The number of rotatable bonds is 3. The minimum absolute atomic E-state index is 0.0449. The average molecular weight is 211 g/mol. The molecular formula is C11H14FNO2. The van der Waals surface area contributed by atoms with E-state index < -0.39 is 11.7 Å². The van der Waals surface area contributed by atoms with E-state index in [0.29, 0.717) is 0 Å². The molecule has 82 valence electrons. The molecular weight excluding hydrogens is 197 g/mol. The lowest BCUT2D eigenvalue weighted by Gasteiger charge is -2.12. The lowest BCUT2D eigenvalue weighted by atomic mass is 10.1. The first-order chi connectivity index (χ1) is 7.06. The molecule has 0 fully saturated rings. The number of benzene rings is 1. The number of hydrogen-bond donors (Lipinski definition) is 2. The van der Waals surface area contributed by atoms with E-state index in [0.717, 1.165) is 12.5 Å². The Balaban J connectivity index is 2.91. The SMILES string of the molecule is CCC(C)NC(=O)c1c(O)cccc1F.